The van der Waals surface area contributed by atoms with Gasteiger partial charge in [0, 0.05) is 5.88 Å². The molecule has 1 aromatic rings. The fourth-order valence-corrected chi connectivity index (χ4v) is 1.89. The number of alkyl halides is 1. The van der Waals surface area contributed by atoms with Gasteiger partial charge in [0.2, 0.25) is 5.91 Å². The van der Waals surface area contributed by atoms with Crippen LogP contribution in [0.3, 0.4) is 0 Å². The van der Waals surface area contributed by atoms with E-state index in [1.54, 1.807) is 0 Å². The van der Waals surface area contributed by atoms with E-state index < -0.39 is 0 Å². The molecule has 2 nitrogen and oxygen atoms in total. The van der Waals surface area contributed by atoms with Crippen molar-refractivity contribution in [3.05, 3.63) is 35.4 Å². The van der Waals surface area contributed by atoms with Gasteiger partial charge in [0.25, 0.3) is 0 Å². The molecule has 0 heterocycles. The summed E-state index contributed by atoms with van der Waals surface area (Å²) in [6.45, 7) is 0. The van der Waals surface area contributed by atoms with Crippen LogP contribution in [0, 0.1) is 0 Å². The van der Waals surface area contributed by atoms with E-state index in [9.17, 15) is 4.79 Å². The Morgan fingerprint density at radius 3 is 2.29 bits per heavy atom. The second-order valence-electron chi connectivity index (χ2n) is 3.78. The minimum Gasteiger partial charge on any atom is -0.369 e. The standard InChI is InChI=1S/C11H12ClNO/c12-7-8-1-3-9(4-2-8)11(5-6-11)10(13)14/h1-4H,5-7H2,(H2,13,14). The van der Waals surface area contributed by atoms with Crippen LogP contribution in [0.4, 0.5) is 0 Å². The summed E-state index contributed by atoms with van der Waals surface area (Å²) in [4.78, 5) is 11.2. The fraction of sp³-hybridized carbons (Fsp3) is 0.364. The van der Waals surface area contributed by atoms with Gasteiger partial charge in [-0.3, -0.25) is 4.79 Å². The van der Waals surface area contributed by atoms with Gasteiger partial charge in [-0.05, 0) is 24.0 Å². The van der Waals surface area contributed by atoms with Crippen LogP contribution in [0.1, 0.15) is 24.0 Å². The van der Waals surface area contributed by atoms with Crippen LogP contribution in [-0.4, -0.2) is 5.91 Å². The molecule has 74 valence electrons. The molecule has 0 bridgehead atoms. The van der Waals surface area contributed by atoms with E-state index >= 15 is 0 Å². The molecule has 0 aromatic heterocycles. The van der Waals surface area contributed by atoms with Crippen LogP contribution in [-0.2, 0) is 16.1 Å². The summed E-state index contributed by atoms with van der Waals surface area (Å²) in [5.41, 5.74) is 7.09. The van der Waals surface area contributed by atoms with Gasteiger partial charge in [0.15, 0.2) is 0 Å². The molecule has 1 fully saturated rings. The van der Waals surface area contributed by atoms with E-state index in [1.807, 2.05) is 24.3 Å². The Balaban J connectivity index is 2.29. The van der Waals surface area contributed by atoms with Crippen molar-refractivity contribution in [1.82, 2.24) is 0 Å². The topological polar surface area (TPSA) is 43.1 Å². The maximum atomic E-state index is 11.2. The summed E-state index contributed by atoms with van der Waals surface area (Å²) in [6.07, 6.45) is 1.76. The van der Waals surface area contributed by atoms with Crippen molar-refractivity contribution in [2.75, 3.05) is 0 Å². The predicted octanol–water partition coefficient (Wildman–Crippen LogP) is 1.94. The number of amides is 1. The minimum atomic E-state index is -0.370. The summed E-state index contributed by atoms with van der Waals surface area (Å²) in [5.74, 6) is 0.292. The minimum absolute atomic E-state index is 0.212. The highest BCUT2D eigenvalue weighted by molar-refractivity contribution is 6.17. The summed E-state index contributed by atoms with van der Waals surface area (Å²) in [6, 6.07) is 7.81. The zero-order valence-corrected chi connectivity index (χ0v) is 8.55. The average molecular weight is 210 g/mol. The number of halogens is 1. The molecule has 1 saturated carbocycles. The van der Waals surface area contributed by atoms with Crippen molar-refractivity contribution in [3.63, 3.8) is 0 Å². The summed E-state index contributed by atoms with van der Waals surface area (Å²) in [5, 5.41) is 0. The number of nitrogens with two attached hydrogens (primary N) is 1. The molecule has 2 N–H and O–H groups in total. The number of primary amides is 1. The third-order valence-corrected chi connectivity index (χ3v) is 3.19. The average Bonchev–Trinajstić information content (AvgIpc) is 2.99. The van der Waals surface area contributed by atoms with Crippen LogP contribution >= 0.6 is 11.6 Å². The lowest BCUT2D eigenvalue weighted by Crippen LogP contribution is -2.28. The summed E-state index contributed by atoms with van der Waals surface area (Å²) >= 11 is 5.68. The molecule has 14 heavy (non-hydrogen) atoms. The molecular formula is C11H12ClNO. The predicted molar refractivity (Wildman–Crippen MR) is 56.1 cm³/mol. The van der Waals surface area contributed by atoms with E-state index in [-0.39, 0.29) is 11.3 Å². The van der Waals surface area contributed by atoms with E-state index in [0.29, 0.717) is 5.88 Å². The zero-order chi connectivity index (χ0) is 10.2. The molecule has 1 aliphatic carbocycles. The fourth-order valence-electron chi connectivity index (χ4n) is 1.72. The van der Waals surface area contributed by atoms with Crippen LogP contribution < -0.4 is 5.73 Å². The number of benzene rings is 1. The van der Waals surface area contributed by atoms with Crippen molar-refractivity contribution in [1.29, 1.82) is 0 Å². The molecule has 0 atom stereocenters. The summed E-state index contributed by atoms with van der Waals surface area (Å²) in [7, 11) is 0. The molecular weight excluding hydrogens is 198 g/mol. The normalized spacial score (nSPS) is 17.8. The van der Waals surface area contributed by atoms with E-state index in [2.05, 4.69) is 0 Å². The Kier molecular flexibility index (Phi) is 2.23. The third-order valence-electron chi connectivity index (χ3n) is 2.88. The quantitative estimate of drug-likeness (QED) is 0.760. The number of carbonyl (C=O) groups is 1. The molecule has 1 aliphatic rings. The SMILES string of the molecule is NC(=O)C1(c2ccc(CCl)cc2)CC1. The van der Waals surface area contributed by atoms with Gasteiger partial charge in [-0.25, -0.2) is 0 Å². The summed E-state index contributed by atoms with van der Waals surface area (Å²) < 4.78 is 0. The van der Waals surface area contributed by atoms with Crippen molar-refractivity contribution < 1.29 is 4.79 Å². The van der Waals surface area contributed by atoms with Crippen molar-refractivity contribution in [2.24, 2.45) is 5.73 Å². The Hall–Kier alpha value is -1.02. The first-order valence-corrected chi connectivity index (χ1v) is 5.18. The van der Waals surface area contributed by atoms with Crippen LogP contribution in [0.2, 0.25) is 0 Å². The lowest BCUT2D eigenvalue weighted by Gasteiger charge is -2.11. The Morgan fingerprint density at radius 1 is 1.36 bits per heavy atom. The molecule has 1 amide bonds. The van der Waals surface area contributed by atoms with Crippen LogP contribution in [0.15, 0.2) is 24.3 Å². The van der Waals surface area contributed by atoms with Crippen molar-refractivity contribution in [3.8, 4) is 0 Å². The van der Waals surface area contributed by atoms with Gasteiger partial charge in [0.1, 0.15) is 0 Å². The third kappa shape index (κ3) is 1.40. The first kappa shape index (κ1) is 9.53. The number of hydrogen-bond acceptors (Lipinski definition) is 1. The molecule has 0 aliphatic heterocycles. The van der Waals surface area contributed by atoms with Gasteiger partial charge >= 0.3 is 0 Å². The highest BCUT2D eigenvalue weighted by Crippen LogP contribution is 2.47. The monoisotopic (exact) mass is 209 g/mol. The second kappa shape index (κ2) is 3.28. The molecule has 0 radical (unpaired) electrons. The Bertz CT molecular complexity index is 354. The van der Waals surface area contributed by atoms with Gasteiger partial charge in [-0.2, -0.15) is 0 Å². The van der Waals surface area contributed by atoms with Gasteiger partial charge in [-0.1, -0.05) is 24.3 Å². The van der Waals surface area contributed by atoms with Gasteiger partial charge in [0.05, 0.1) is 5.41 Å². The van der Waals surface area contributed by atoms with Gasteiger partial charge in [-0.15, -0.1) is 11.6 Å². The van der Waals surface area contributed by atoms with Crippen molar-refractivity contribution in [2.45, 2.75) is 24.1 Å². The smallest absolute Gasteiger partial charge is 0.228 e. The molecule has 0 spiro atoms. The lowest BCUT2D eigenvalue weighted by atomic mass is 9.95. The van der Waals surface area contributed by atoms with E-state index in [4.69, 9.17) is 17.3 Å². The number of carbonyl (C=O) groups excluding carboxylic acids is 1. The maximum Gasteiger partial charge on any atom is 0.228 e. The molecule has 2 rings (SSSR count). The first-order valence-electron chi connectivity index (χ1n) is 4.64. The Morgan fingerprint density at radius 2 is 1.93 bits per heavy atom. The Labute approximate surface area is 88.1 Å². The maximum absolute atomic E-state index is 11.2. The lowest BCUT2D eigenvalue weighted by molar-refractivity contribution is -0.120. The highest BCUT2D eigenvalue weighted by Gasteiger charge is 2.49. The highest BCUT2D eigenvalue weighted by atomic mass is 35.5. The second-order valence-corrected chi connectivity index (χ2v) is 4.04. The van der Waals surface area contributed by atoms with Gasteiger partial charge < -0.3 is 5.73 Å². The van der Waals surface area contributed by atoms with E-state index in [1.165, 1.54) is 0 Å². The number of rotatable bonds is 3. The van der Waals surface area contributed by atoms with E-state index in [0.717, 1.165) is 24.0 Å². The number of hydrogen-bond donors (Lipinski definition) is 1. The van der Waals surface area contributed by atoms with Crippen molar-refractivity contribution >= 4 is 17.5 Å². The largest absolute Gasteiger partial charge is 0.369 e. The molecule has 3 heteroatoms. The molecule has 1 aromatic carbocycles. The van der Waals surface area contributed by atoms with Crippen LogP contribution in [0.25, 0.3) is 0 Å². The van der Waals surface area contributed by atoms with Crippen LogP contribution in [0.5, 0.6) is 0 Å². The zero-order valence-electron chi connectivity index (χ0n) is 7.79. The molecule has 0 saturated heterocycles. The first-order chi connectivity index (χ1) is 6.69. The molecule has 0 unspecified atom stereocenters.